The second kappa shape index (κ2) is 5.87. The van der Waals surface area contributed by atoms with E-state index in [-0.39, 0.29) is 6.17 Å². The standard InChI is InChI=1S/C7H22N2OSi2/c1-7(8)9-5-4-6-12(2,3)10-11/h7,9H,4-6,8H2,1-3,11H3. The highest BCUT2D eigenvalue weighted by Gasteiger charge is 2.18. The highest BCUT2D eigenvalue weighted by Crippen LogP contribution is 2.10. The maximum absolute atomic E-state index is 5.56. The van der Waals surface area contributed by atoms with Crippen LogP contribution in [0.2, 0.25) is 19.1 Å². The van der Waals surface area contributed by atoms with Gasteiger partial charge in [-0.05, 0) is 39.0 Å². The first-order valence-electron chi connectivity index (χ1n) is 4.52. The van der Waals surface area contributed by atoms with Gasteiger partial charge in [-0.15, -0.1) is 0 Å². The van der Waals surface area contributed by atoms with Crippen LogP contribution in [0.3, 0.4) is 0 Å². The Morgan fingerprint density at radius 3 is 2.58 bits per heavy atom. The summed E-state index contributed by atoms with van der Waals surface area (Å²) in [5, 5.41) is 3.20. The minimum atomic E-state index is -1.27. The molecular formula is C7H22N2OSi2. The summed E-state index contributed by atoms with van der Waals surface area (Å²) in [7, 11) is -0.389. The first-order chi connectivity index (χ1) is 5.48. The Morgan fingerprint density at radius 1 is 1.58 bits per heavy atom. The molecule has 0 aromatic rings. The van der Waals surface area contributed by atoms with Crippen molar-refractivity contribution in [3.05, 3.63) is 0 Å². The maximum Gasteiger partial charge on any atom is 0.172 e. The molecule has 0 aromatic heterocycles. The molecule has 1 atom stereocenters. The Labute approximate surface area is 79.7 Å². The summed E-state index contributed by atoms with van der Waals surface area (Å²) in [4.78, 5) is 0. The Kier molecular flexibility index (Phi) is 6.03. The molecule has 0 amide bonds. The third-order valence-electron chi connectivity index (χ3n) is 1.97. The van der Waals surface area contributed by atoms with Crippen LogP contribution in [-0.4, -0.2) is 31.5 Å². The van der Waals surface area contributed by atoms with E-state index in [0.717, 1.165) is 17.0 Å². The Hall–Kier alpha value is 0.314. The van der Waals surface area contributed by atoms with Gasteiger partial charge in [0.05, 0.1) is 6.17 Å². The fourth-order valence-corrected chi connectivity index (χ4v) is 2.79. The molecule has 0 saturated heterocycles. The predicted molar refractivity (Wildman–Crippen MR) is 59.6 cm³/mol. The quantitative estimate of drug-likeness (QED) is 0.359. The third kappa shape index (κ3) is 6.99. The molecule has 0 aromatic carbocycles. The van der Waals surface area contributed by atoms with E-state index in [1.807, 2.05) is 6.92 Å². The van der Waals surface area contributed by atoms with Crippen molar-refractivity contribution >= 4 is 18.8 Å². The highest BCUT2D eigenvalue weighted by atomic mass is 28.4. The van der Waals surface area contributed by atoms with Crippen LogP contribution in [0.4, 0.5) is 0 Å². The minimum absolute atomic E-state index is 0.117. The molecule has 0 spiro atoms. The fraction of sp³-hybridized carbons (Fsp3) is 1.00. The minimum Gasteiger partial charge on any atom is -0.463 e. The summed E-state index contributed by atoms with van der Waals surface area (Å²) < 4.78 is 5.56. The average Bonchev–Trinajstić information content (AvgIpc) is 1.98. The number of hydrogen-bond acceptors (Lipinski definition) is 3. The van der Waals surface area contributed by atoms with Crippen LogP contribution in [-0.2, 0) is 4.12 Å². The van der Waals surface area contributed by atoms with Gasteiger partial charge in [0.15, 0.2) is 8.32 Å². The first kappa shape index (κ1) is 12.3. The zero-order chi connectivity index (χ0) is 9.61. The summed E-state index contributed by atoms with van der Waals surface area (Å²) in [5.41, 5.74) is 5.55. The second-order valence-electron chi connectivity index (χ2n) is 3.81. The largest absolute Gasteiger partial charge is 0.463 e. The van der Waals surface area contributed by atoms with Crippen molar-refractivity contribution in [2.24, 2.45) is 5.73 Å². The number of hydrogen-bond donors (Lipinski definition) is 2. The van der Waals surface area contributed by atoms with Gasteiger partial charge < -0.3 is 15.2 Å². The van der Waals surface area contributed by atoms with Gasteiger partial charge in [-0.1, -0.05) is 0 Å². The molecule has 3 N–H and O–H groups in total. The lowest BCUT2D eigenvalue weighted by Gasteiger charge is -2.20. The zero-order valence-electron chi connectivity index (χ0n) is 8.68. The Morgan fingerprint density at radius 2 is 2.17 bits per heavy atom. The van der Waals surface area contributed by atoms with Crippen LogP contribution >= 0.6 is 0 Å². The molecule has 0 bridgehead atoms. The molecule has 5 heteroatoms. The van der Waals surface area contributed by atoms with Crippen LogP contribution in [0.5, 0.6) is 0 Å². The average molecular weight is 206 g/mol. The van der Waals surface area contributed by atoms with E-state index in [4.69, 9.17) is 9.85 Å². The van der Waals surface area contributed by atoms with Crippen molar-refractivity contribution in [1.29, 1.82) is 0 Å². The van der Waals surface area contributed by atoms with Gasteiger partial charge in [-0.25, -0.2) is 0 Å². The van der Waals surface area contributed by atoms with E-state index < -0.39 is 8.32 Å². The molecule has 0 rings (SSSR count). The third-order valence-corrected chi connectivity index (χ3v) is 7.95. The molecule has 0 saturated carbocycles. The van der Waals surface area contributed by atoms with Crippen molar-refractivity contribution in [2.75, 3.05) is 6.54 Å². The van der Waals surface area contributed by atoms with Gasteiger partial charge in [-0.3, -0.25) is 0 Å². The molecule has 3 nitrogen and oxygen atoms in total. The van der Waals surface area contributed by atoms with E-state index in [2.05, 4.69) is 18.4 Å². The molecule has 0 aliphatic rings. The van der Waals surface area contributed by atoms with Crippen molar-refractivity contribution < 1.29 is 4.12 Å². The van der Waals surface area contributed by atoms with Crippen LogP contribution < -0.4 is 11.1 Å². The van der Waals surface area contributed by atoms with Crippen LogP contribution in [0.15, 0.2) is 0 Å². The van der Waals surface area contributed by atoms with Gasteiger partial charge >= 0.3 is 0 Å². The topological polar surface area (TPSA) is 47.3 Å². The highest BCUT2D eigenvalue weighted by molar-refractivity contribution is 6.73. The summed E-state index contributed by atoms with van der Waals surface area (Å²) >= 11 is 0. The normalized spacial score (nSPS) is 15.0. The summed E-state index contributed by atoms with van der Waals surface area (Å²) in [5.74, 6) is 0. The Balaban J connectivity index is 3.31. The van der Waals surface area contributed by atoms with Crippen molar-refractivity contribution in [1.82, 2.24) is 5.32 Å². The summed E-state index contributed by atoms with van der Waals surface area (Å²) in [6.45, 7) is 7.52. The lowest BCUT2D eigenvalue weighted by atomic mass is 10.4. The van der Waals surface area contributed by atoms with E-state index in [9.17, 15) is 0 Å². The molecule has 0 radical (unpaired) electrons. The Bertz CT molecular complexity index is 120. The van der Waals surface area contributed by atoms with E-state index >= 15 is 0 Å². The SMILES string of the molecule is CC(N)NCCC[Si](C)(C)O[SiH3]. The molecule has 0 aliphatic heterocycles. The summed E-state index contributed by atoms with van der Waals surface area (Å²) in [6.07, 6.45) is 1.30. The lowest BCUT2D eigenvalue weighted by molar-refractivity contribution is 0.547. The number of nitrogens with one attached hydrogen (secondary N) is 1. The van der Waals surface area contributed by atoms with Crippen molar-refractivity contribution in [3.63, 3.8) is 0 Å². The van der Waals surface area contributed by atoms with Crippen LogP contribution in [0.1, 0.15) is 13.3 Å². The lowest BCUT2D eigenvalue weighted by Crippen LogP contribution is -2.36. The molecule has 0 heterocycles. The van der Waals surface area contributed by atoms with E-state index in [1.54, 1.807) is 0 Å². The predicted octanol–water partition coefficient (Wildman–Crippen LogP) is -0.227. The monoisotopic (exact) mass is 206 g/mol. The van der Waals surface area contributed by atoms with Crippen molar-refractivity contribution in [2.45, 2.75) is 38.6 Å². The molecule has 12 heavy (non-hydrogen) atoms. The zero-order valence-corrected chi connectivity index (χ0v) is 11.7. The van der Waals surface area contributed by atoms with E-state index in [1.165, 1.54) is 12.5 Å². The molecular weight excluding hydrogens is 184 g/mol. The first-order valence-corrected chi connectivity index (χ1v) is 8.45. The number of nitrogens with two attached hydrogens (primary N) is 1. The van der Waals surface area contributed by atoms with E-state index in [0.29, 0.717) is 0 Å². The summed E-state index contributed by atoms with van der Waals surface area (Å²) in [6, 6.07) is 1.23. The van der Waals surface area contributed by atoms with Crippen molar-refractivity contribution in [3.8, 4) is 0 Å². The van der Waals surface area contributed by atoms with Gasteiger partial charge in [-0.2, -0.15) is 0 Å². The van der Waals surface area contributed by atoms with Gasteiger partial charge in [0, 0.05) is 0 Å². The molecule has 1 unspecified atom stereocenters. The van der Waals surface area contributed by atoms with Crippen LogP contribution in [0.25, 0.3) is 0 Å². The molecule has 74 valence electrons. The molecule has 0 fully saturated rings. The molecule has 0 aliphatic carbocycles. The number of rotatable bonds is 6. The van der Waals surface area contributed by atoms with Gasteiger partial charge in [0.2, 0.25) is 0 Å². The second-order valence-corrected chi connectivity index (χ2v) is 9.46. The van der Waals surface area contributed by atoms with Crippen LogP contribution in [0, 0.1) is 0 Å². The van der Waals surface area contributed by atoms with Gasteiger partial charge in [0.1, 0.15) is 10.5 Å². The fourth-order valence-electron chi connectivity index (χ4n) is 0.946. The maximum atomic E-state index is 5.56. The van der Waals surface area contributed by atoms with Gasteiger partial charge in [0.25, 0.3) is 0 Å². The smallest absolute Gasteiger partial charge is 0.172 e.